The molecule has 0 saturated heterocycles. The number of anilines is 1. The number of benzene rings is 2. The van der Waals surface area contributed by atoms with Crippen LogP contribution in [0, 0.1) is 11.3 Å². The van der Waals surface area contributed by atoms with Gasteiger partial charge >= 0.3 is 0 Å². The molecule has 0 spiro atoms. The Bertz CT molecular complexity index is 824. The number of hydrogen-bond acceptors (Lipinski definition) is 5. The molecule has 6 nitrogen and oxygen atoms in total. The van der Waals surface area contributed by atoms with Crippen LogP contribution in [0.15, 0.2) is 60.7 Å². The molecule has 0 fully saturated rings. The zero-order valence-corrected chi connectivity index (χ0v) is 13.1. The van der Waals surface area contributed by atoms with E-state index in [9.17, 15) is 10.4 Å². The van der Waals surface area contributed by atoms with Crippen LogP contribution in [-0.4, -0.2) is 33.3 Å². The maximum atomic E-state index is 9.41. The fraction of sp³-hybridized carbons (Fsp3) is 0.167. The van der Waals surface area contributed by atoms with Gasteiger partial charge in [0.25, 0.3) is 0 Å². The highest BCUT2D eigenvalue weighted by Gasteiger charge is 2.18. The first-order valence-electron chi connectivity index (χ1n) is 7.64. The highest BCUT2D eigenvalue weighted by Crippen LogP contribution is 2.19. The third-order valence-electron chi connectivity index (χ3n) is 3.57. The van der Waals surface area contributed by atoms with Crippen molar-refractivity contribution >= 4 is 5.82 Å². The van der Waals surface area contributed by atoms with Gasteiger partial charge in [-0.2, -0.15) is 5.26 Å². The van der Waals surface area contributed by atoms with Gasteiger partial charge in [0.2, 0.25) is 5.69 Å². The topological polar surface area (TPSA) is 78.0 Å². The maximum absolute atomic E-state index is 9.41. The molecule has 1 aromatic heterocycles. The molecule has 0 atom stereocenters. The summed E-state index contributed by atoms with van der Waals surface area (Å²) in [7, 11) is 0. The minimum atomic E-state index is -0.0318. The number of rotatable bonds is 6. The number of aromatic nitrogens is 3. The van der Waals surface area contributed by atoms with Gasteiger partial charge in [0.15, 0.2) is 5.82 Å². The molecule has 0 aliphatic heterocycles. The van der Waals surface area contributed by atoms with Crippen molar-refractivity contribution in [2.45, 2.75) is 6.54 Å². The zero-order valence-electron chi connectivity index (χ0n) is 13.1. The predicted octanol–water partition coefficient (Wildman–Crippen LogP) is 2.14. The minimum Gasteiger partial charge on any atom is -0.395 e. The van der Waals surface area contributed by atoms with E-state index >= 15 is 0 Å². The summed E-state index contributed by atoms with van der Waals surface area (Å²) in [5.41, 5.74) is 2.09. The molecule has 1 N–H and O–H groups in total. The van der Waals surface area contributed by atoms with Gasteiger partial charge in [-0.05, 0) is 17.7 Å². The standard InChI is InChI=1S/C18H17N5O/c19-13-17-18(21-23(20-17)16-9-5-2-6-10-16)22(11-12-24)14-15-7-3-1-4-8-15/h1-10,24H,11-12,14H2. The Morgan fingerprint density at radius 3 is 2.29 bits per heavy atom. The lowest BCUT2D eigenvalue weighted by Gasteiger charge is -2.21. The summed E-state index contributed by atoms with van der Waals surface area (Å²) < 4.78 is 0. The predicted molar refractivity (Wildman–Crippen MR) is 90.7 cm³/mol. The Morgan fingerprint density at radius 1 is 1.00 bits per heavy atom. The van der Waals surface area contributed by atoms with Gasteiger partial charge in [-0.25, -0.2) is 0 Å². The molecule has 0 saturated carbocycles. The van der Waals surface area contributed by atoms with Crippen molar-refractivity contribution in [2.75, 3.05) is 18.1 Å². The molecule has 6 heteroatoms. The van der Waals surface area contributed by atoms with Crippen molar-refractivity contribution in [3.63, 3.8) is 0 Å². The third kappa shape index (κ3) is 3.42. The molecule has 0 aliphatic rings. The van der Waals surface area contributed by atoms with Gasteiger partial charge in [0.1, 0.15) is 6.07 Å². The summed E-state index contributed by atoms with van der Waals surface area (Å²) >= 11 is 0. The highest BCUT2D eigenvalue weighted by molar-refractivity contribution is 5.50. The van der Waals surface area contributed by atoms with Crippen LogP contribution < -0.4 is 4.90 Å². The first kappa shape index (κ1) is 15.7. The van der Waals surface area contributed by atoms with Crippen molar-refractivity contribution in [2.24, 2.45) is 0 Å². The summed E-state index contributed by atoms with van der Waals surface area (Å²) in [6.45, 7) is 0.885. The number of nitriles is 1. The largest absolute Gasteiger partial charge is 0.395 e. The van der Waals surface area contributed by atoms with E-state index in [1.54, 1.807) is 0 Å². The van der Waals surface area contributed by atoms with Crippen molar-refractivity contribution in [3.05, 3.63) is 71.9 Å². The monoisotopic (exact) mass is 319 g/mol. The second-order valence-corrected chi connectivity index (χ2v) is 5.24. The Hall–Kier alpha value is -3.17. The van der Waals surface area contributed by atoms with Crippen LogP contribution in [0.4, 0.5) is 5.82 Å². The number of aliphatic hydroxyl groups is 1. The van der Waals surface area contributed by atoms with Crippen LogP contribution in [0.2, 0.25) is 0 Å². The van der Waals surface area contributed by atoms with E-state index in [1.165, 1.54) is 4.80 Å². The van der Waals surface area contributed by atoms with Gasteiger partial charge < -0.3 is 10.0 Å². The van der Waals surface area contributed by atoms with E-state index < -0.39 is 0 Å². The molecule has 0 radical (unpaired) electrons. The number of nitrogens with zero attached hydrogens (tertiary/aromatic N) is 5. The summed E-state index contributed by atoms with van der Waals surface area (Å²) in [6.07, 6.45) is 0. The Balaban J connectivity index is 1.95. The van der Waals surface area contributed by atoms with Gasteiger partial charge in [-0.15, -0.1) is 15.0 Å². The van der Waals surface area contributed by atoms with Crippen LogP contribution in [0.5, 0.6) is 0 Å². The highest BCUT2D eigenvalue weighted by atomic mass is 16.3. The SMILES string of the molecule is N#Cc1nn(-c2ccccc2)nc1N(CCO)Cc1ccccc1. The Labute approximate surface area is 140 Å². The van der Waals surface area contributed by atoms with Crippen LogP contribution in [-0.2, 0) is 6.54 Å². The van der Waals surface area contributed by atoms with Gasteiger partial charge in [0.05, 0.1) is 12.3 Å². The van der Waals surface area contributed by atoms with E-state index in [4.69, 9.17) is 0 Å². The molecular weight excluding hydrogens is 302 g/mol. The normalized spacial score (nSPS) is 10.3. The average molecular weight is 319 g/mol. The van der Waals surface area contributed by atoms with Crippen LogP contribution in [0.3, 0.4) is 0 Å². The lowest BCUT2D eigenvalue weighted by molar-refractivity contribution is 0.301. The molecule has 1 heterocycles. The van der Waals surface area contributed by atoms with Crippen LogP contribution >= 0.6 is 0 Å². The van der Waals surface area contributed by atoms with E-state index in [2.05, 4.69) is 16.3 Å². The number of para-hydroxylation sites is 1. The quantitative estimate of drug-likeness (QED) is 0.753. The number of aliphatic hydroxyl groups excluding tert-OH is 1. The molecule has 3 aromatic rings. The Kier molecular flexibility index (Phi) is 4.84. The van der Waals surface area contributed by atoms with Crippen LogP contribution in [0.1, 0.15) is 11.3 Å². The van der Waals surface area contributed by atoms with Gasteiger partial charge in [-0.3, -0.25) is 0 Å². The molecule has 24 heavy (non-hydrogen) atoms. The van der Waals surface area contributed by atoms with Crippen molar-refractivity contribution in [1.82, 2.24) is 15.0 Å². The first-order valence-corrected chi connectivity index (χ1v) is 7.64. The minimum absolute atomic E-state index is 0.0318. The Morgan fingerprint density at radius 2 is 1.67 bits per heavy atom. The summed E-state index contributed by atoms with van der Waals surface area (Å²) in [4.78, 5) is 3.31. The molecule has 3 rings (SSSR count). The number of hydrogen-bond donors (Lipinski definition) is 1. The summed E-state index contributed by atoms with van der Waals surface area (Å²) in [6, 6.07) is 21.4. The lowest BCUT2D eigenvalue weighted by atomic mass is 10.2. The molecular formula is C18H17N5O. The zero-order chi connectivity index (χ0) is 16.8. The molecule has 0 unspecified atom stereocenters. The fourth-order valence-electron chi connectivity index (χ4n) is 2.45. The van der Waals surface area contributed by atoms with Gasteiger partial charge in [-0.1, -0.05) is 48.5 Å². The molecule has 2 aromatic carbocycles. The summed E-state index contributed by atoms with van der Waals surface area (Å²) in [5.74, 6) is 0.472. The van der Waals surface area contributed by atoms with Crippen LogP contribution in [0.25, 0.3) is 5.69 Å². The fourth-order valence-corrected chi connectivity index (χ4v) is 2.45. The second kappa shape index (κ2) is 7.40. The second-order valence-electron chi connectivity index (χ2n) is 5.24. The maximum Gasteiger partial charge on any atom is 0.207 e. The van der Waals surface area contributed by atoms with E-state index in [1.807, 2.05) is 65.6 Å². The third-order valence-corrected chi connectivity index (χ3v) is 3.57. The lowest BCUT2D eigenvalue weighted by Crippen LogP contribution is -2.27. The van der Waals surface area contributed by atoms with Gasteiger partial charge in [0, 0.05) is 13.1 Å². The van der Waals surface area contributed by atoms with Crippen molar-refractivity contribution in [1.29, 1.82) is 5.26 Å². The molecule has 0 bridgehead atoms. The molecule has 0 aliphatic carbocycles. The van der Waals surface area contributed by atoms with Crippen molar-refractivity contribution in [3.8, 4) is 11.8 Å². The smallest absolute Gasteiger partial charge is 0.207 e. The van der Waals surface area contributed by atoms with E-state index in [-0.39, 0.29) is 12.3 Å². The first-order chi connectivity index (χ1) is 11.8. The molecule has 0 amide bonds. The van der Waals surface area contributed by atoms with Crippen molar-refractivity contribution < 1.29 is 5.11 Å². The van der Waals surface area contributed by atoms with E-state index in [0.717, 1.165) is 11.3 Å². The van der Waals surface area contributed by atoms with E-state index in [0.29, 0.717) is 18.9 Å². The average Bonchev–Trinajstić information content (AvgIpc) is 3.07. The summed E-state index contributed by atoms with van der Waals surface area (Å²) in [5, 5.41) is 27.5. The molecule has 120 valence electrons.